The van der Waals surface area contributed by atoms with Gasteiger partial charge in [-0.2, -0.15) is 0 Å². The van der Waals surface area contributed by atoms with Crippen molar-refractivity contribution >= 4 is 11.9 Å². The third-order valence-corrected chi connectivity index (χ3v) is 4.32. The maximum absolute atomic E-state index is 11.2. The molecule has 1 aliphatic heterocycles. The number of carbonyl (C=O) groups is 2. The Balaban J connectivity index is 2.68. The lowest BCUT2D eigenvalue weighted by Gasteiger charge is -2.47. The lowest BCUT2D eigenvalue weighted by molar-refractivity contribution is -0.142. The molecule has 0 atom stereocenters. The third-order valence-electron chi connectivity index (χ3n) is 4.32. The van der Waals surface area contributed by atoms with Crippen LogP contribution in [0.2, 0.25) is 0 Å². The van der Waals surface area contributed by atoms with Gasteiger partial charge in [0.1, 0.15) is 0 Å². The van der Waals surface area contributed by atoms with Crippen molar-refractivity contribution < 1.29 is 30.0 Å². The Hall–Kier alpha value is -1.22. The van der Waals surface area contributed by atoms with Crippen LogP contribution in [-0.2, 0) is 9.59 Å². The Morgan fingerprint density at radius 2 is 1.45 bits per heavy atom. The number of hydrogen-bond acceptors (Lipinski definition) is 6. The van der Waals surface area contributed by atoms with Gasteiger partial charge in [0.15, 0.2) is 0 Å². The molecule has 0 amide bonds. The SMILES string of the molecule is O=C(O)CCN1CCN(C(CCO)(CCO)CC(=O)O)CC1. The van der Waals surface area contributed by atoms with Crippen molar-refractivity contribution in [3.8, 4) is 0 Å². The van der Waals surface area contributed by atoms with Crippen molar-refractivity contribution in [1.29, 1.82) is 0 Å². The van der Waals surface area contributed by atoms with Gasteiger partial charge < -0.3 is 25.3 Å². The van der Waals surface area contributed by atoms with Gasteiger partial charge >= 0.3 is 11.9 Å². The molecule has 1 aliphatic rings. The number of aliphatic hydroxyl groups excluding tert-OH is 2. The van der Waals surface area contributed by atoms with Crippen LogP contribution in [0.25, 0.3) is 0 Å². The van der Waals surface area contributed by atoms with Crippen LogP contribution in [0.5, 0.6) is 0 Å². The van der Waals surface area contributed by atoms with Crippen LogP contribution in [0.15, 0.2) is 0 Å². The predicted octanol–water partition coefficient (Wildman–Crippen LogP) is -0.943. The van der Waals surface area contributed by atoms with Gasteiger partial charge in [-0.1, -0.05) is 0 Å². The van der Waals surface area contributed by atoms with E-state index >= 15 is 0 Å². The second-order valence-electron chi connectivity index (χ2n) is 5.71. The molecule has 0 aliphatic carbocycles. The van der Waals surface area contributed by atoms with E-state index in [0.717, 1.165) is 0 Å². The minimum atomic E-state index is -0.949. The Bertz CT molecular complexity index is 362. The summed E-state index contributed by atoms with van der Waals surface area (Å²) in [4.78, 5) is 25.8. The minimum absolute atomic E-state index is 0.0908. The van der Waals surface area contributed by atoms with E-state index in [1.807, 2.05) is 9.80 Å². The predicted molar refractivity (Wildman–Crippen MR) is 78.7 cm³/mol. The molecular formula is C14H26N2O6. The summed E-state index contributed by atoms with van der Waals surface area (Å²) < 4.78 is 0. The Morgan fingerprint density at radius 1 is 0.909 bits per heavy atom. The highest BCUT2D eigenvalue weighted by atomic mass is 16.4. The highest BCUT2D eigenvalue weighted by molar-refractivity contribution is 5.68. The van der Waals surface area contributed by atoms with E-state index in [1.54, 1.807) is 0 Å². The second kappa shape index (κ2) is 9.04. The van der Waals surface area contributed by atoms with Crippen molar-refractivity contribution in [2.24, 2.45) is 0 Å². The zero-order chi connectivity index (χ0) is 16.6. The molecule has 128 valence electrons. The van der Waals surface area contributed by atoms with Crippen molar-refractivity contribution in [1.82, 2.24) is 9.80 Å². The maximum Gasteiger partial charge on any atom is 0.305 e. The van der Waals surface area contributed by atoms with Gasteiger partial charge in [-0.15, -0.1) is 0 Å². The Kier molecular flexibility index (Phi) is 7.74. The highest BCUT2D eigenvalue weighted by Gasteiger charge is 2.39. The first-order valence-corrected chi connectivity index (χ1v) is 7.56. The van der Waals surface area contributed by atoms with Crippen molar-refractivity contribution in [3.05, 3.63) is 0 Å². The van der Waals surface area contributed by atoms with E-state index in [-0.39, 0.29) is 26.1 Å². The summed E-state index contributed by atoms with van der Waals surface area (Å²) in [5.41, 5.74) is -0.742. The minimum Gasteiger partial charge on any atom is -0.481 e. The summed E-state index contributed by atoms with van der Waals surface area (Å²) in [5, 5.41) is 36.5. The van der Waals surface area contributed by atoms with E-state index in [0.29, 0.717) is 45.6 Å². The molecule has 8 heteroatoms. The maximum atomic E-state index is 11.2. The molecule has 1 saturated heterocycles. The number of hydrogen-bond donors (Lipinski definition) is 4. The first kappa shape index (κ1) is 18.8. The van der Waals surface area contributed by atoms with E-state index < -0.39 is 17.5 Å². The van der Waals surface area contributed by atoms with Gasteiger partial charge in [0.25, 0.3) is 0 Å². The Labute approximate surface area is 129 Å². The number of rotatable bonds is 10. The van der Waals surface area contributed by atoms with Crippen LogP contribution < -0.4 is 0 Å². The molecule has 1 fully saturated rings. The van der Waals surface area contributed by atoms with E-state index in [1.165, 1.54) is 0 Å². The molecular weight excluding hydrogens is 292 g/mol. The summed E-state index contributed by atoms with van der Waals surface area (Å²) in [7, 11) is 0. The number of aliphatic carboxylic acids is 2. The van der Waals surface area contributed by atoms with Crippen LogP contribution in [0.4, 0.5) is 0 Å². The molecule has 0 bridgehead atoms. The van der Waals surface area contributed by atoms with Crippen molar-refractivity contribution in [2.75, 3.05) is 45.9 Å². The largest absolute Gasteiger partial charge is 0.481 e. The van der Waals surface area contributed by atoms with E-state index in [9.17, 15) is 19.8 Å². The third kappa shape index (κ3) is 5.53. The first-order valence-electron chi connectivity index (χ1n) is 7.56. The number of piperazine rings is 1. The monoisotopic (exact) mass is 318 g/mol. The number of aliphatic hydroxyl groups is 2. The molecule has 0 radical (unpaired) electrons. The summed E-state index contributed by atoms with van der Waals surface area (Å²) in [6.07, 6.45) is 0.570. The Morgan fingerprint density at radius 3 is 1.86 bits per heavy atom. The lowest BCUT2D eigenvalue weighted by Crippen LogP contribution is -2.58. The molecule has 0 spiro atoms. The normalized spacial score (nSPS) is 17.5. The fourth-order valence-corrected chi connectivity index (χ4v) is 3.13. The van der Waals surface area contributed by atoms with Crippen LogP contribution in [0.3, 0.4) is 0 Å². The average Bonchev–Trinajstić information content (AvgIpc) is 2.45. The van der Waals surface area contributed by atoms with Gasteiger partial charge in [-0.05, 0) is 12.8 Å². The van der Waals surface area contributed by atoms with E-state index in [2.05, 4.69) is 0 Å². The van der Waals surface area contributed by atoms with Crippen LogP contribution in [0.1, 0.15) is 25.7 Å². The van der Waals surface area contributed by atoms with Crippen LogP contribution in [0, 0.1) is 0 Å². The molecule has 0 unspecified atom stereocenters. The fourth-order valence-electron chi connectivity index (χ4n) is 3.13. The average molecular weight is 318 g/mol. The molecule has 22 heavy (non-hydrogen) atoms. The first-order chi connectivity index (χ1) is 10.4. The summed E-state index contributed by atoms with van der Waals surface area (Å²) in [5.74, 6) is -1.78. The zero-order valence-electron chi connectivity index (χ0n) is 12.8. The summed E-state index contributed by atoms with van der Waals surface area (Å²) >= 11 is 0. The quantitative estimate of drug-likeness (QED) is 0.407. The molecule has 0 aromatic carbocycles. The highest BCUT2D eigenvalue weighted by Crippen LogP contribution is 2.29. The van der Waals surface area contributed by atoms with Crippen LogP contribution in [-0.4, -0.2) is 93.6 Å². The molecule has 0 aromatic heterocycles. The number of nitrogens with zero attached hydrogens (tertiary/aromatic N) is 2. The van der Waals surface area contributed by atoms with Crippen molar-refractivity contribution in [2.45, 2.75) is 31.2 Å². The molecule has 1 heterocycles. The molecule has 4 N–H and O–H groups in total. The standard InChI is InChI=1S/C14H26N2O6/c17-9-2-14(3-10-18,11-13(21)22)16-7-5-15(6-8-16)4-1-12(19)20/h17-18H,1-11H2,(H,19,20)(H,21,22). The van der Waals surface area contributed by atoms with Gasteiger partial charge in [-0.3, -0.25) is 14.5 Å². The molecule has 8 nitrogen and oxygen atoms in total. The number of carboxylic acids is 2. The molecule has 0 saturated carbocycles. The smallest absolute Gasteiger partial charge is 0.305 e. The molecule has 1 rings (SSSR count). The van der Waals surface area contributed by atoms with E-state index in [4.69, 9.17) is 10.2 Å². The lowest BCUT2D eigenvalue weighted by atomic mass is 9.85. The van der Waals surface area contributed by atoms with Crippen LogP contribution >= 0.6 is 0 Å². The molecule has 0 aromatic rings. The van der Waals surface area contributed by atoms with Gasteiger partial charge in [-0.25, -0.2) is 0 Å². The second-order valence-corrected chi connectivity index (χ2v) is 5.71. The van der Waals surface area contributed by atoms with Gasteiger partial charge in [0, 0.05) is 51.5 Å². The zero-order valence-corrected chi connectivity index (χ0v) is 12.8. The van der Waals surface area contributed by atoms with Gasteiger partial charge in [0.05, 0.1) is 12.8 Å². The summed E-state index contributed by atoms with van der Waals surface area (Å²) in [6.45, 7) is 2.74. The topological polar surface area (TPSA) is 122 Å². The van der Waals surface area contributed by atoms with Crippen molar-refractivity contribution in [3.63, 3.8) is 0 Å². The van der Waals surface area contributed by atoms with Gasteiger partial charge in [0.2, 0.25) is 0 Å². The summed E-state index contributed by atoms with van der Waals surface area (Å²) in [6, 6.07) is 0. The fraction of sp³-hybridized carbons (Fsp3) is 0.857. The number of carboxylic acid groups (broad SMARTS) is 2.